The minimum absolute atomic E-state index is 0.370. The first-order chi connectivity index (χ1) is 6.40. The molecule has 0 aliphatic heterocycles. The van der Waals surface area contributed by atoms with Crippen LogP contribution in [0.25, 0.3) is 11.3 Å². The predicted molar refractivity (Wildman–Crippen MR) is 49.3 cm³/mol. The van der Waals surface area contributed by atoms with E-state index < -0.39 is 0 Å². The molecule has 66 valence electrons. The molecule has 0 spiro atoms. The molecule has 2 aromatic heterocycles. The van der Waals surface area contributed by atoms with Crippen LogP contribution in [0.1, 0.15) is 5.69 Å². The highest BCUT2D eigenvalue weighted by Crippen LogP contribution is 2.19. The van der Waals surface area contributed by atoms with Gasteiger partial charge in [0.15, 0.2) is 5.76 Å². The molecule has 13 heavy (non-hydrogen) atoms. The molecule has 0 N–H and O–H groups in total. The second kappa shape index (κ2) is 3.58. The van der Waals surface area contributed by atoms with Crippen molar-refractivity contribution in [2.75, 3.05) is 0 Å². The summed E-state index contributed by atoms with van der Waals surface area (Å²) in [4.78, 5) is 3.91. The van der Waals surface area contributed by atoms with Crippen LogP contribution < -0.4 is 0 Å². The second-order valence-corrected chi connectivity index (χ2v) is 2.82. The molecule has 0 aliphatic rings. The number of alkyl halides is 1. The Hall–Kier alpha value is -1.35. The molecule has 0 bridgehead atoms. The topological polar surface area (TPSA) is 38.9 Å². The quantitative estimate of drug-likeness (QED) is 0.690. The van der Waals surface area contributed by atoms with E-state index in [0.29, 0.717) is 5.88 Å². The van der Waals surface area contributed by atoms with Crippen LogP contribution in [0, 0.1) is 0 Å². The van der Waals surface area contributed by atoms with Gasteiger partial charge < -0.3 is 4.52 Å². The highest BCUT2D eigenvalue weighted by atomic mass is 35.5. The normalized spacial score (nSPS) is 10.2. The predicted octanol–water partition coefficient (Wildman–Crippen LogP) is 2.48. The molecule has 2 aromatic rings. The molecule has 0 fully saturated rings. The van der Waals surface area contributed by atoms with E-state index in [1.807, 2.05) is 18.2 Å². The van der Waals surface area contributed by atoms with Crippen molar-refractivity contribution < 1.29 is 4.52 Å². The first-order valence-corrected chi connectivity index (χ1v) is 4.35. The molecule has 3 nitrogen and oxygen atoms in total. The Morgan fingerprint density at radius 3 is 2.69 bits per heavy atom. The Morgan fingerprint density at radius 2 is 2.08 bits per heavy atom. The van der Waals surface area contributed by atoms with Gasteiger partial charge in [0.1, 0.15) is 0 Å². The van der Waals surface area contributed by atoms with Crippen molar-refractivity contribution >= 4 is 11.6 Å². The fraction of sp³-hybridized carbons (Fsp3) is 0.111. The number of halogens is 1. The molecular formula is C9H7ClN2O. The fourth-order valence-electron chi connectivity index (χ4n) is 1.03. The third-order valence-electron chi connectivity index (χ3n) is 1.66. The fourth-order valence-corrected chi connectivity index (χ4v) is 1.15. The number of pyridine rings is 1. The lowest BCUT2D eigenvalue weighted by Gasteiger charge is -1.90. The maximum Gasteiger partial charge on any atom is 0.167 e. The van der Waals surface area contributed by atoms with Crippen LogP contribution in [-0.2, 0) is 5.88 Å². The van der Waals surface area contributed by atoms with Crippen LogP contribution >= 0.6 is 11.6 Å². The van der Waals surface area contributed by atoms with Crippen molar-refractivity contribution in [3.8, 4) is 11.3 Å². The first-order valence-electron chi connectivity index (χ1n) is 3.82. The Bertz CT molecular complexity index is 386. The van der Waals surface area contributed by atoms with Gasteiger partial charge in [-0.3, -0.25) is 4.98 Å². The Labute approximate surface area is 80.3 Å². The van der Waals surface area contributed by atoms with Crippen LogP contribution in [0.3, 0.4) is 0 Å². The monoisotopic (exact) mass is 194 g/mol. The Kier molecular flexibility index (Phi) is 2.27. The van der Waals surface area contributed by atoms with Crippen molar-refractivity contribution in [3.05, 3.63) is 36.3 Å². The molecule has 2 heterocycles. The van der Waals surface area contributed by atoms with Crippen LogP contribution in [0.15, 0.2) is 35.1 Å². The van der Waals surface area contributed by atoms with Crippen molar-refractivity contribution in [2.45, 2.75) is 5.88 Å². The van der Waals surface area contributed by atoms with Crippen molar-refractivity contribution in [2.24, 2.45) is 0 Å². The van der Waals surface area contributed by atoms with Gasteiger partial charge in [-0.1, -0.05) is 5.16 Å². The van der Waals surface area contributed by atoms with Gasteiger partial charge in [0, 0.05) is 24.0 Å². The van der Waals surface area contributed by atoms with Gasteiger partial charge in [-0.2, -0.15) is 0 Å². The molecule has 0 aromatic carbocycles. The molecule has 0 atom stereocenters. The Morgan fingerprint density at radius 1 is 1.31 bits per heavy atom. The second-order valence-electron chi connectivity index (χ2n) is 2.55. The number of hydrogen-bond acceptors (Lipinski definition) is 3. The van der Waals surface area contributed by atoms with Gasteiger partial charge in [-0.15, -0.1) is 11.6 Å². The summed E-state index contributed by atoms with van der Waals surface area (Å²) in [5, 5.41) is 3.78. The van der Waals surface area contributed by atoms with Gasteiger partial charge in [-0.05, 0) is 12.1 Å². The smallest absolute Gasteiger partial charge is 0.167 e. The third kappa shape index (κ3) is 1.70. The van der Waals surface area contributed by atoms with Crippen LogP contribution in [-0.4, -0.2) is 10.1 Å². The summed E-state index contributed by atoms with van der Waals surface area (Å²) in [6.45, 7) is 0. The van der Waals surface area contributed by atoms with Gasteiger partial charge in [-0.25, -0.2) is 0 Å². The summed E-state index contributed by atoms with van der Waals surface area (Å²) in [5.41, 5.74) is 1.70. The van der Waals surface area contributed by atoms with Crippen LogP contribution in [0.2, 0.25) is 0 Å². The summed E-state index contributed by atoms with van der Waals surface area (Å²) in [5.74, 6) is 1.09. The van der Waals surface area contributed by atoms with Crippen LogP contribution in [0.5, 0.6) is 0 Å². The minimum Gasteiger partial charge on any atom is -0.356 e. The lowest BCUT2D eigenvalue weighted by molar-refractivity contribution is 0.426. The zero-order chi connectivity index (χ0) is 9.10. The molecule has 0 saturated heterocycles. The summed E-state index contributed by atoms with van der Waals surface area (Å²) in [6, 6.07) is 5.54. The maximum absolute atomic E-state index is 5.59. The lowest BCUT2D eigenvalue weighted by atomic mass is 10.2. The number of aromatic nitrogens is 2. The molecule has 0 unspecified atom stereocenters. The van der Waals surface area contributed by atoms with E-state index in [1.54, 1.807) is 12.4 Å². The third-order valence-corrected chi connectivity index (χ3v) is 1.93. The summed E-state index contributed by atoms with van der Waals surface area (Å²) in [6.07, 6.45) is 3.41. The standard InChI is InChI=1S/C9H7ClN2O/c10-6-8-5-9(13-12-8)7-1-3-11-4-2-7/h1-5H,6H2. The molecule has 2 rings (SSSR count). The van der Waals surface area contributed by atoms with Gasteiger partial charge in [0.2, 0.25) is 0 Å². The number of nitrogens with zero attached hydrogens (tertiary/aromatic N) is 2. The highest BCUT2D eigenvalue weighted by Gasteiger charge is 2.04. The number of rotatable bonds is 2. The Balaban J connectivity index is 2.36. The van der Waals surface area contributed by atoms with Gasteiger partial charge >= 0.3 is 0 Å². The van der Waals surface area contributed by atoms with E-state index in [4.69, 9.17) is 16.1 Å². The van der Waals surface area contributed by atoms with Gasteiger partial charge in [0.05, 0.1) is 11.6 Å². The van der Waals surface area contributed by atoms with Gasteiger partial charge in [0.25, 0.3) is 0 Å². The average molecular weight is 195 g/mol. The first kappa shape index (κ1) is 8.26. The van der Waals surface area contributed by atoms with E-state index in [1.165, 1.54) is 0 Å². The summed E-state index contributed by atoms with van der Waals surface area (Å²) in [7, 11) is 0. The van der Waals surface area contributed by atoms with Crippen molar-refractivity contribution in [1.29, 1.82) is 0 Å². The van der Waals surface area contributed by atoms with E-state index in [2.05, 4.69) is 10.1 Å². The molecule has 0 amide bonds. The van der Waals surface area contributed by atoms with Crippen LogP contribution in [0.4, 0.5) is 0 Å². The minimum atomic E-state index is 0.370. The van der Waals surface area contributed by atoms with E-state index >= 15 is 0 Å². The van der Waals surface area contributed by atoms with Crippen molar-refractivity contribution in [1.82, 2.24) is 10.1 Å². The zero-order valence-corrected chi connectivity index (χ0v) is 7.53. The van der Waals surface area contributed by atoms with E-state index in [9.17, 15) is 0 Å². The average Bonchev–Trinajstić information content (AvgIpc) is 2.67. The largest absolute Gasteiger partial charge is 0.356 e. The SMILES string of the molecule is ClCc1cc(-c2ccncc2)on1. The van der Waals surface area contributed by atoms with Crippen molar-refractivity contribution in [3.63, 3.8) is 0 Å². The zero-order valence-electron chi connectivity index (χ0n) is 6.77. The molecule has 4 heteroatoms. The van der Waals surface area contributed by atoms with E-state index in [-0.39, 0.29) is 0 Å². The molecule has 0 radical (unpaired) electrons. The highest BCUT2D eigenvalue weighted by molar-refractivity contribution is 6.16. The maximum atomic E-state index is 5.59. The number of hydrogen-bond donors (Lipinski definition) is 0. The molecule has 0 aliphatic carbocycles. The summed E-state index contributed by atoms with van der Waals surface area (Å²) < 4.78 is 5.08. The molecular weight excluding hydrogens is 188 g/mol. The molecule has 0 saturated carbocycles. The lowest BCUT2D eigenvalue weighted by Crippen LogP contribution is -1.73. The summed E-state index contributed by atoms with van der Waals surface area (Å²) >= 11 is 5.59. The van der Waals surface area contributed by atoms with E-state index in [0.717, 1.165) is 17.0 Å².